The average molecular weight is 341 g/mol. The summed E-state index contributed by atoms with van der Waals surface area (Å²) in [6.07, 6.45) is 2.47. The molecule has 2 aliphatic heterocycles. The summed E-state index contributed by atoms with van der Waals surface area (Å²) in [5.74, 6) is 2.69. The topological polar surface area (TPSA) is 0 Å². The van der Waals surface area contributed by atoms with Crippen molar-refractivity contribution in [1.82, 2.24) is 0 Å². The lowest BCUT2D eigenvalue weighted by molar-refractivity contribution is 0.640. The molecule has 0 N–H and O–H groups in total. The highest BCUT2D eigenvalue weighted by atomic mass is 32.2. The first-order valence-corrected chi connectivity index (χ1v) is 10.6. The minimum Gasteiger partial charge on any atom is -0.156 e. The third-order valence-corrected chi connectivity index (χ3v) is 7.03. The van der Waals surface area contributed by atoms with Crippen LogP contribution < -0.4 is 0 Å². The fourth-order valence-corrected chi connectivity index (χ4v) is 4.31. The molecule has 2 aromatic rings. The summed E-state index contributed by atoms with van der Waals surface area (Å²) in [6.45, 7) is 4.68. The van der Waals surface area contributed by atoms with Crippen LogP contribution in [0.3, 0.4) is 0 Å². The van der Waals surface area contributed by atoms with E-state index in [9.17, 15) is 0 Å². The molecule has 4 rings (SSSR count). The molecule has 0 aromatic heterocycles. The Morgan fingerprint density at radius 1 is 0.739 bits per heavy atom. The van der Waals surface area contributed by atoms with Gasteiger partial charge in [-0.3, -0.25) is 0 Å². The smallest absolute Gasteiger partial charge is 0.0179 e. The van der Waals surface area contributed by atoms with Crippen LogP contribution in [0.15, 0.2) is 48.5 Å². The molecule has 2 heteroatoms. The lowest BCUT2D eigenvalue weighted by Crippen LogP contribution is -2.19. The van der Waals surface area contributed by atoms with Gasteiger partial charge in [-0.2, -0.15) is 23.5 Å². The van der Waals surface area contributed by atoms with Crippen LogP contribution in [0.2, 0.25) is 0 Å². The van der Waals surface area contributed by atoms with Crippen LogP contribution in [0.4, 0.5) is 0 Å². The zero-order chi connectivity index (χ0) is 15.9. The van der Waals surface area contributed by atoms with E-state index in [4.69, 9.17) is 0 Å². The summed E-state index contributed by atoms with van der Waals surface area (Å²) in [4.78, 5) is 0. The Balaban J connectivity index is 1.50. The monoisotopic (exact) mass is 340 g/mol. The Bertz CT molecular complexity index is 602. The molecule has 2 heterocycles. The van der Waals surface area contributed by atoms with Crippen LogP contribution in [0, 0.1) is 0 Å². The van der Waals surface area contributed by atoms with Gasteiger partial charge in [0.05, 0.1) is 0 Å². The maximum atomic E-state index is 2.34. The highest BCUT2D eigenvalue weighted by molar-refractivity contribution is 8.07. The Hall–Kier alpha value is -0.860. The van der Waals surface area contributed by atoms with Crippen molar-refractivity contribution in [2.75, 3.05) is 11.5 Å². The highest BCUT2D eigenvalue weighted by Gasteiger charge is 2.26. The highest BCUT2D eigenvalue weighted by Crippen LogP contribution is 2.36. The van der Waals surface area contributed by atoms with Crippen molar-refractivity contribution in [3.63, 3.8) is 0 Å². The fourth-order valence-electron chi connectivity index (χ4n) is 3.18. The number of rotatable bonds is 6. The van der Waals surface area contributed by atoms with Crippen LogP contribution in [0.1, 0.15) is 36.1 Å². The van der Waals surface area contributed by atoms with Crippen molar-refractivity contribution in [3.05, 3.63) is 70.8 Å². The second-order valence-electron chi connectivity index (χ2n) is 7.34. The minimum absolute atomic E-state index is 0.0692. The van der Waals surface area contributed by atoms with E-state index in [1.807, 2.05) is 0 Å². The summed E-state index contributed by atoms with van der Waals surface area (Å²) in [6, 6.07) is 18.6. The van der Waals surface area contributed by atoms with Crippen molar-refractivity contribution in [1.29, 1.82) is 0 Å². The standard InChI is InChI=1S/C21H24S2/c1-21(2,17-7-3-15(4-8-17)11-19-13-22-19)18-9-5-16(6-10-18)12-20-14-23-20/h3-10,19-20H,11-14H2,1-2H3. The normalized spacial score (nSPS) is 22.9. The first-order chi connectivity index (χ1) is 11.1. The second-order valence-corrected chi connectivity index (χ2v) is 10.0. The Labute approximate surface area is 148 Å². The summed E-state index contributed by atoms with van der Waals surface area (Å²) in [7, 11) is 0. The lowest BCUT2D eigenvalue weighted by Gasteiger charge is -2.26. The molecular formula is C21H24S2. The summed E-state index contributed by atoms with van der Waals surface area (Å²) >= 11 is 4.16. The maximum absolute atomic E-state index is 2.34. The largest absolute Gasteiger partial charge is 0.156 e. The molecule has 0 bridgehead atoms. The molecule has 0 radical (unpaired) electrons. The molecule has 23 heavy (non-hydrogen) atoms. The molecule has 2 fully saturated rings. The van der Waals surface area contributed by atoms with E-state index >= 15 is 0 Å². The van der Waals surface area contributed by atoms with Gasteiger partial charge in [0, 0.05) is 27.4 Å². The molecular weight excluding hydrogens is 316 g/mol. The van der Waals surface area contributed by atoms with Gasteiger partial charge in [-0.1, -0.05) is 62.4 Å². The quantitative estimate of drug-likeness (QED) is 0.652. The molecule has 2 unspecified atom stereocenters. The Morgan fingerprint density at radius 3 is 1.39 bits per heavy atom. The average Bonchev–Trinajstić information content (AvgIpc) is 3.45. The zero-order valence-electron chi connectivity index (χ0n) is 13.9. The molecule has 2 aliphatic rings. The molecule has 0 aliphatic carbocycles. The molecule has 120 valence electrons. The summed E-state index contributed by atoms with van der Waals surface area (Å²) < 4.78 is 0. The molecule has 0 amide bonds. The van der Waals surface area contributed by atoms with Gasteiger partial charge in [-0.05, 0) is 35.1 Å². The van der Waals surface area contributed by atoms with Gasteiger partial charge in [0.2, 0.25) is 0 Å². The molecule has 2 aromatic carbocycles. The summed E-state index contributed by atoms with van der Waals surface area (Å²) in [5, 5.41) is 1.76. The first-order valence-electron chi connectivity index (χ1n) is 8.53. The van der Waals surface area contributed by atoms with Crippen LogP contribution in [0.25, 0.3) is 0 Å². The fraction of sp³-hybridized carbons (Fsp3) is 0.429. The van der Waals surface area contributed by atoms with Gasteiger partial charge in [-0.15, -0.1) is 0 Å². The van der Waals surface area contributed by atoms with Crippen LogP contribution in [-0.2, 0) is 18.3 Å². The molecule has 2 atom stereocenters. The number of thioether (sulfide) groups is 2. The van der Waals surface area contributed by atoms with E-state index in [0.29, 0.717) is 0 Å². The predicted molar refractivity (Wildman–Crippen MR) is 105 cm³/mol. The van der Waals surface area contributed by atoms with E-state index in [-0.39, 0.29) is 5.41 Å². The van der Waals surface area contributed by atoms with Crippen molar-refractivity contribution in [3.8, 4) is 0 Å². The van der Waals surface area contributed by atoms with Crippen molar-refractivity contribution < 1.29 is 0 Å². The van der Waals surface area contributed by atoms with Gasteiger partial charge in [0.1, 0.15) is 0 Å². The van der Waals surface area contributed by atoms with Gasteiger partial charge in [0.15, 0.2) is 0 Å². The Morgan fingerprint density at radius 2 is 1.09 bits per heavy atom. The van der Waals surface area contributed by atoms with E-state index in [1.165, 1.54) is 46.6 Å². The van der Waals surface area contributed by atoms with E-state index in [2.05, 4.69) is 85.9 Å². The predicted octanol–water partition coefficient (Wildman–Crippen LogP) is 5.33. The van der Waals surface area contributed by atoms with Crippen molar-refractivity contribution >= 4 is 23.5 Å². The third kappa shape index (κ3) is 3.80. The van der Waals surface area contributed by atoms with Crippen LogP contribution >= 0.6 is 23.5 Å². The van der Waals surface area contributed by atoms with Gasteiger partial charge in [0.25, 0.3) is 0 Å². The summed E-state index contributed by atoms with van der Waals surface area (Å²) in [5.41, 5.74) is 5.86. The van der Waals surface area contributed by atoms with Crippen LogP contribution in [0.5, 0.6) is 0 Å². The van der Waals surface area contributed by atoms with Crippen molar-refractivity contribution in [2.24, 2.45) is 0 Å². The lowest BCUT2D eigenvalue weighted by atomic mass is 9.77. The van der Waals surface area contributed by atoms with E-state index in [0.717, 1.165) is 10.5 Å². The minimum atomic E-state index is 0.0692. The van der Waals surface area contributed by atoms with Crippen LogP contribution in [-0.4, -0.2) is 22.0 Å². The molecule has 0 saturated carbocycles. The van der Waals surface area contributed by atoms with Crippen molar-refractivity contribution in [2.45, 2.75) is 42.6 Å². The number of hydrogen-bond acceptors (Lipinski definition) is 2. The van der Waals surface area contributed by atoms with E-state index < -0.39 is 0 Å². The zero-order valence-corrected chi connectivity index (χ0v) is 15.6. The molecule has 0 nitrogen and oxygen atoms in total. The van der Waals surface area contributed by atoms with Gasteiger partial charge < -0.3 is 0 Å². The number of benzene rings is 2. The second kappa shape index (κ2) is 6.22. The Kier molecular flexibility index (Phi) is 4.23. The van der Waals surface area contributed by atoms with E-state index in [1.54, 1.807) is 0 Å². The third-order valence-electron chi connectivity index (χ3n) is 5.08. The van der Waals surface area contributed by atoms with Gasteiger partial charge in [-0.25, -0.2) is 0 Å². The molecule has 2 saturated heterocycles. The molecule has 0 spiro atoms. The maximum Gasteiger partial charge on any atom is 0.0179 e. The SMILES string of the molecule is CC(C)(c1ccc(CC2CS2)cc1)c1ccc(CC2CS2)cc1. The number of hydrogen-bond donors (Lipinski definition) is 0. The first kappa shape index (κ1) is 15.7. The van der Waals surface area contributed by atoms with Gasteiger partial charge >= 0.3 is 0 Å².